The van der Waals surface area contributed by atoms with Crippen LogP contribution in [-0.2, 0) is 12.2 Å². The number of halogens is 5. The van der Waals surface area contributed by atoms with Gasteiger partial charge in [-0.1, -0.05) is 17.7 Å². The van der Waals surface area contributed by atoms with Crippen LogP contribution in [0.3, 0.4) is 0 Å². The SMILES string of the molecule is Cc1cc(COc2nc(C)n(-c3cc(-c4nc(C(C)(C)O)ncc4F)ccc3Cl)c(=O)c2Br)c(F)cc1F. The van der Waals surface area contributed by atoms with Crippen molar-refractivity contribution in [1.29, 1.82) is 0 Å². The molecule has 2 aromatic heterocycles. The van der Waals surface area contributed by atoms with Gasteiger partial charge in [0.25, 0.3) is 5.56 Å². The van der Waals surface area contributed by atoms with Gasteiger partial charge in [-0.3, -0.25) is 9.36 Å². The molecule has 0 aliphatic carbocycles. The molecule has 7 nitrogen and oxygen atoms in total. The van der Waals surface area contributed by atoms with E-state index in [0.29, 0.717) is 0 Å². The van der Waals surface area contributed by atoms with Crippen molar-refractivity contribution in [1.82, 2.24) is 19.5 Å². The number of aryl methyl sites for hydroxylation is 2. The Morgan fingerprint density at radius 2 is 1.79 bits per heavy atom. The minimum atomic E-state index is -1.41. The molecule has 0 radical (unpaired) electrons. The van der Waals surface area contributed by atoms with Gasteiger partial charge < -0.3 is 9.84 Å². The monoisotopic (exact) mass is 608 g/mol. The van der Waals surface area contributed by atoms with Crippen LogP contribution in [0.4, 0.5) is 13.2 Å². The maximum Gasteiger partial charge on any atom is 0.276 e. The lowest BCUT2D eigenvalue weighted by atomic mass is 10.1. The molecule has 2 heterocycles. The number of rotatable bonds is 6. The van der Waals surface area contributed by atoms with Gasteiger partial charge in [0.2, 0.25) is 5.88 Å². The van der Waals surface area contributed by atoms with Crippen LogP contribution >= 0.6 is 27.5 Å². The number of ether oxygens (including phenoxy) is 1. The normalized spacial score (nSPS) is 11.6. The van der Waals surface area contributed by atoms with Crippen LogP contribution in [0.15, 0.2) is 45.8 Å². The average Bonchev–Trinajstić information content (AvgIpc) is 2.84. The summed E-state index contributed by atoms with van der Waals surface area (Å²) in [4.78, 5) is 25.6. The van der Waals surface area contributed by atoms with E-state index >= 15 is 0 Å². The van der Waals surface area contributed by atoms with Gasteiger partial charge >= 0.3 is 0 Å². The molecule has 0 fully saturated rings. The zero-order valence-corrected chi connectivity index (χ0v) is 23.0. The number of aromatic nitrogens is 4. The first-order valence-electron chi connectivity index (χ1n) is 11.2. The third kappa shape index (κ3) is 5.45. The van der Waals surface area contributed by atoms with Crippen LogP contribution in [0, 0.1) is 31.3 Å². The fraction of sp³-hybridized carbons (Fsp3) is 0.231. The second kappa shape index (κ2) is 10.5. The van der Waals surface area contributed by atoms with Crippen molar-refractivity contribution in [2.45, 2.75) is 39.9 Å². The van der Waals surface area contributed by atoms with Crippen molar-refractivity contribution < 1.29 is 23.0 Å². The van der Waals surface area contributed by atoms with E-state index in [1.54, 1.807) is 0 Å². The molecule has 0 bridgehead atoms. The third-order valence-corrected chi connectivity index (χ3v) is 6.61. The van der Waals surface area contributed by atoms with Crippen LogP contribution < -0.4 is 10.3 Å². The maximum atomic E-state index is 14.7. The average molecular weight is 610 g/mol. The standard InChI is InChI=1S/C26H21BrClF3N4O3/c1-12-7-15(18(30)9-17(12)29)11-38-23-21(27)24(36)35(13(2)33-23)20-8-14(5-6-16(20)28)22-19(31)10-32-25(34-22)26(3,4)37/h5-10,37H,11H2,1-4H3. The number of aliphatic hydroxyl groups is 1. The summed E-state index contributed by atoms with van der Waals surface area (Å²) >= 11 is 9.60. The highest BCUT2D eigenvalue weighted by Crippen LogP contribution is 2.31. The van der Waals surface area contributed by atoms with Gasteiger partial charge in [-0.2, -0.15) is 4.98 Å². The Bertz CT molecular complexity index is 1620. The first kappa shape index (κ1) is 27.7. The predicted molar refractivity (Wildman–Crippen MR) is 139 cm³/mol. The minimum absolute atomic E-state index is 0.0115. The topological polar surface area (TPSA) is 90.1 Å². The van der Waals surface area contributed by atoms with Crippen LogP contribution in [0.5, 0.6) is 5.88 Å². The molecule has 0 saturated carbocycles. The molecule has 0 aliphatic rings. The van der Waals surface area contributed by atoms with Crippen LogP contribution in [0.1, 0.15) is 36.6 Å². The predicted octanol–water partition coefficient (Wildman–Crippen LogP) is 5.95. The first-order valence-corrected chi connectivity index (χ1v) is 12.4. The molecule has 38 heavy (non-hydrogen) atoms. The summed E-state index contributed by atoms with van der Waals surface area (Å²) in [5.41, 5.74) is -1.30. The molecule has 0 amide bonds. The Morgan fingerprint density at radius 3 is 2.47 bits per heavy atom. The number of hydrogen-bond acceptors (Lipinski definition) is 6. The van der Waals surface area contributed by atoms with Gasteiger partial charge in [0.05, 0.1) is 16.9 Å². The van der Waals surface area contributed by atoms with Crippen molar-refractivity contribution in [3.63, 3.8) is 0 Å². The van der Waals surface area contributed by atoms with Crippen molar-refractivity contribution >= 4 is 27.5 Å². The van der Waals surface area contributed by atoms with E-state index in [-0.39, 0.29) is 61.7 Å². The second-order valence-electron chi connectivity index (χ2n) is 9.02. The number of hydrogen-bond donors (Lipinski definition) is 1. The minimum Gasteiger partial charge on any atom is -0.472 e. The van der Waals surface area contributed by atoms with Gasteiger partial charge in [0, 0.05) is 17.2 Å². The van der Waals surface area contributed by atoms with E-state index < -0.39 is 28.6 Å². The smallest absolute Gasteiger partial charge is 0.276 e. The number of nitrogens with zero attached hydrogens (tertiary/aromatic N) is 4. The Morgan fingerprint density at radius 1 is 1.08 bits per heavy atom. The van der Waals surface area contributed by atoms with E-state index in [2.05, 4.69) is 30.9 Å². The fourth-order valence-corrected chi connectivity index (χ4v) is 4.21. The molecule has 4 rings (SSSR count). The lowest BCUT2D eigenvalue weighted by Crippen LogP contribution is -2.24. The molecular formula is C26H21BrClF3N4O3. The summed E-state index contributed by atoms with van der Waals surface area (Å²) in [6, 6.07) is 6.53. The van der Waals surface area contributed by atoms with Gasteiger partial charge in [0.15, 0.2) is 11.6 Å². The van der Waals surface area contributed by atoms with Gasteiger partial charge in [-0.25, -0.2) is 23.1 Å². The van der Waals surface area contributed by atoms with Crippen molar-refractivity contribution in [3.8, 4) is 22.8 Å². The molecule has 2 aromatic carbocycles. The molecule has 0 saturated heterocycles. The van der Waals surface area contributed by atoms with E-state index in [0.717, 1.165) is 12.3 Å². The van der Waals surface area contributed by atoms with Crippen molar-refractivity contribution in [2.24, 2.45) is 0 Å². The summed E-state index contributed by atoms with van der Waals surface area (Å²) in [5.74, 6) is -2.12. The molecule has 0 aliphatic heterocycles. The molecule has 12 heteroatoms. The molecule has 198 valence electrons. The summed E-state index contributed by atoms with van der Waals surface area (Å²) < 4.78 is 49.1. The zero-order chi connectivity index (χ0) is 27.9. The molecule has 0 unspecified atom stereocenters. The first-order chi connectivity index (χ1) is 17.8. The Labute approximate surface area is 229 Å². The fourth-order valence-electron chi connectivity index (χ4n) is 3.63. The second-order valence-corrected chi connectivity index (χ2v) is 10.2. The van der Waals surface area contributed by atoms with Crippen LogP contribution in [0.2, 0.25) is 5.02 Å². The Hall–Kier alpha value is -3.28. The quantitative estimate of drug-likeness (QED) is 0.291. The van der Waals surface area contributed by atoms with E-state index in [4.69, 9.17) is 16.3 Å². The molecule has 0 spiro atoms. The van der Waals surface area contributed by atoms with E-state index in [1.165, 1.54) is 56.5 Å². The van der Waals surface area contributed by atoms with Crippen LogP contribution in [0.25, 0.3) is 16.9 Å². The van der Waals surface area contributed by atoms with Gasteiger partial charge in [-0.05, 0) is 67.4 Å². The van der Waals surface area contributed by atoms with Crippen molar-refractivity contribution in [2.75, 3.05) is 0 Å². The van der Waals surface area contributed by atoms with Crippen molar-refractivity contribution in [3.05, 3.63) is 96.6 Å². The molecule has 4 aromatic rings. The maximum absolute atomic E-state index is 14.7. The Kier molecular flexibility index (Phi) is 7.64. The van der Waals surface area contributed by atoms with E-state index in [1.807, 2.05) is 0 Å². The summed E-state index contributed by atoms with van der Waals surface area (Å²) in [6.45, 7) is 5.67. The molecule has 1 N–H and O–H groups in total. The molecule has 0 atom stereocenters. The third-order valence-electron chi connectivity index (χ3n) is 5.61. The highest BCUT2D eigenvalue weighted by molar-refractivity contribution is 9.10. The van der Waals surface area contributed by atoms with Crippen LogP contribution in [-0.4, -0.2) is 24.6 Å². The lowest BCUT2D eigenvalue weighted by molar-refractivity contribution is 0.0686. The summed E-state index contributed by atoms with van der Waals surface area (Å²) in [6.07, 6.45) is 0.955. The largest absolute Gasteiger partial charge is 0.472 e. The lowest BCUT2D eigenvalue weighted by Gasteiger charge is -2.17. The molecular weight excluding hydrogens is 589 g/mol. The highest BCUT2D eigenvalue weighted by atomic mass is 79.9. The van der Waals surface area contributed by atoms with Gasteiger partial charge in [0.1, 0.15) is 39.8 Å². The van der Waals surface area contributed by atoms with E-state index in [9.17, 15) is 23.1 Å². The summed E-state index contributed by atoms with van der Waals surface area (Å²) in [5, 5.41) is 10.4. The Balaban J connectivity index is 1.75. The van der Waals surface area contributed by atoms with Gasteiger partial charge in [-0.15, -0.1) is 0 Å². The highest BCUT2D eigenvalue weighted by Gasteiger charge is 2.23. The number of benzene rings is 2. The zero-order valence-electron chi connectivity index (χ0n) is 20.6. The summed E-state index contributed by atoms with van der Waals surface area (Å²) in [7, 11) is 0.